The largest absolute Gasteiger partial charge is 0.317 e. The number of aryl methyl sites for hydroxylation is 1. The maximum Gasteiger partial charge on any atom is 0.244 e. The highest BCUT2D eigenvalue weighted by atomic mass is 32.1. The van der Waals surface area contributed by atoms with E-state index in [1.165, 1.54) is 41.9 Å². The van der Waals surface area contributed by atoms with Crippen molar-refractivity contribution in [1.29, 1.82) is 0 Å². The first-order valence-electron chi connectivity index (χ1n) is 7.86. The summed E-state index contributed by atoms with van der Waals surface area (Å²) in [6.45, 7) is 2.14. The third-order valence-electron chi connectivity index (χ3n) is 5.29. The number of amides is 1. The Morgan fingerprint density at radius 1 is 1.25 bits per heavy atom. The molecule has 1 N–H and O–H groups in total. The second kappa shape index (κ2) is 4.57. The molecule has 1 saturated heterocycles. The molecule has 1 unspecified atom stereocenters. The summed E-state index contributed by atoms with van der Waals surface area (Å²) in [5, 5.41) is 3.73. The number of hydrogen-bond acceptors (Lipinski definition) is 3. The van der Waals surface area contributed by atoms with Gasteiger partial charge in [0, 0.05) is 15.8 Å². The summed E-state index contributed by atoms with van der Waals surface area (Å²) in [6.07, 6.45) is 8.20. The predicted octanol–water partition coefficient (Wildman–Crippen LogP) is 3.35. The Morgan fingerprint density at radius 3 is 2.55 bits per heavy atom. The Balaban J connectivity index is 1.70. The Morgan fingerprint density at radius 2 is 2.00 bits per heavy atom. The molecule has 2 heterocycles. The first kappa shape index (κ1) is 12.8. The fourth-order valence-electron chi connectivity index (χ4n) is 3.94. The van der Waals surface area contributed by atoms with Gasteiger partial charge in [0.25, 0.3) is 0 Å². The standard InChI is InChI=1S/C16H22N2OS/c1-11-7-8-13(20-11)14-17-16(9-2-3-10-16)15(19)18(14)12-5-4-6-12/h7-8,12,14,17H,2-6,9-10H2,1H3. The van der Waals surface area contributed by atoms with Gasteiger partial charge >= 0.3 is 0 Å². The van der Waals surface area contributed by atoms with Crippen molar-refractivity contribution in [2.24, 2.45) is 0 Å². The first-order chi connectivity index (χ1) is 9.70. The Bertz CT molecular complexity index is 528. The van der Waals surface area contributed by atoms with Crippen LogP contribution in [0.3, 0.4) is 0 Å². The molecule has 0 radical (unpaired) electrons. The second-order valence-electron chi connectivity index (χ2n) is 6.58. The average molecular weight is 290 g/mol. The van der Waals surface area contributed by atoms with Gasteiger partial charge in [0.1, 0.15) is 6.17 Å². The van der Waals surface area contributed by atoms with Crippen LogP contribution in [0.2, 0.25) is 0 Å². The molecule has 3 nitrogen and oxygen atoms in total. The molecule has 4 rings (SSSR count). The number of hydrogen-bond donors (Lipinski definition) is 1. The topological polar surface area (TPSA) is 32.3 Å². The Hall–Kier alpha value is -0.870. The molecular weight excluding hydrogens is 268 g/mol. The number of nitrogens with one attached hydrogen (secondary N) is 1. The zero-order chi connectivity index (χ0) is 13.7. The number of thiophene rings is 1. The second-order valence-corrected chi connectivity index (χ2v) is 7.90. The van der Waals surface area contributed by atoms with Crippen LogP contribution in [0.15, 0.2) is 12.1 Å². The zero-order valence-electron chi connectivity index (χ0n) is 12.0. The van der Waals surface area contributed by atoms with Crippen molar-refractivity contribution in [1.82, 2.24) is 10.2 Å². The van der Waals surface area contributed by atoms with Gasteiger partial charge in [0.2, 0.25) is 5.91 Å². The molecule has 1 aromatic heterocycles. The fraction of sp³-hybridized carbons (Fsp3) is 0.688. The lowest BCUT2D eigenvalue weighted by Crippen LogP contribution is -2.47. The first-order valence-corrected chi connectivity index (χ1v) is 8.68. The van der Waals surface area contributed by atoms with E-state index in [1.807, 2.05) is 11.3 Å². The van der Waals surface area contributed by atoms with Crippen LogP contribution in [0.4, 0.5) is 0 Å². The Labute approximate surface area is 124 Å². The van der Waals surface area contributed by atoms with Gasteiger partial charge in [0.15, 0.2) is 0 Å². The van der Waals surface area contributed by atoms with E-state index in [9.17, 15) is 4.79 Å². The summed E-state index contributed by atoms with van der Waals surface area (Å²) in [7, 11) is 0. The third kappa shape index (κ3) is 1.77. The summed E-state index contributed by atoms with van der Waals surface area (Å²) in [6, 6.07) is 4.84. The SMILES string of the molecule is Cc1ccc(C2NC3(CCCC3)C(=O)N2C2CCC2)s1. The number of carbonyl (C=O) groups is 1. The summed E-state index contributed by atoms with van der Waals surface area (Å²) >= 11 is 1.83. The van der Waals surface area contributed by atoms with Gasteiger partial charge < -0.3 is 4.90 Å². The quantitative estimate of drug-likeness (QED) is 0.906. The molecule has 2 saturated carbocycles. The predicted molar refractivity (Wildman–Crippen MR) is 80.6 cm³/mol. The smallest absolute Gasteiger partial charge is 0.244 e. The van der Waals surface area contributed by atoms with E-state index in [4.69, 9.17) is 0 Å². The zero-order valence-corrected chi connectivity index (χ0v) is 12.8. The minimum atomic E-state index is -0.238. The van der Waals surface area contributed by atoms with Crippen LogP contribution >= 0.6 is 11.3 Å². The monoisotopic (exact) mass is 290 g/mol. The average Bonchev–Trinajstić information content (AvgIpc) is 3.05. The molecule has 108 valence electrons. The van der Waals surface area contributed by atoms with E-state index in [0.717, 1.165) is 12.8 Å². The van der Waals surface area contributed by atoms with Gasteiger partial charge in [-0.1, -0.05) is 12.8 Å². The molecule has 1 spiro atoms. The molecule has 1 aliphatic heterocycles. The van der Waals surface area contributed by atoms with E-state index in [0.29, 0.717) is 11.9 Å². The lowest BCUT2D eigenvalue weighted by molar-refractivity contribution is -0.137. The van der Waals surface area contributed by atoms with Crippen molar-refractivity contribution in [3.63, 3.8) is 0 Å². The highest BCUT2D eigenvalue weighted by Gasteiger charge is 2.55. The van der Waals surface area contributed by atoms with Gasteiger partial charge in [-0.2, -0.15) is 0 Å². The van der Waals surface area contributed by atoms with Crippen molar-refractivity contribution in [3.05, 3.63) is 21.9 Å². The van der Waals surface area contributed by atoms with E-state index in [2.05, 4.69) is 29.3 Å². The third-order valence-corrected chi connectivity index (χ3v) is 6.34. The number of nitrogens with zero attached hydrogens (tertiary/aromatic N) is 1. The molecule has 1 aromatic rings. The van der Waals surface area contributed by atoms with Gasteiger partial charge in [-0.3, -0.25) is 10.1 Å². The minimum absolute atomic E-state index is 0.129. The minimum Gasteiger partial charge on any atom is -0.317 e. The molecule has 3 aliphatic rings. The lowest BCUT2D eigenvalue weighted by Gasteiger charge is -2.38. The van der Waals surface area contributed by atoms with E-state index in [-0.39, 0.29) is 11.7 Å². The van der Waals surface area contributed by atoms with Crippen LogP contribution in [-0.2, 0) is 4.79 Å². The molecule has 0 bridgehead atoms. The van der Waals surface area contributed by atoms with Crippen LogP contribution in [-0.4, -0.2) is 22.4 Å². The summed E-state index contributed by atoms with van der Waals surface area (Å²) in [4.78, 5) is 17.9. The van der Waals surface area contributed by atoms with Crippen LogP contribution in [0.5, 0.6) is 0 Å². The van der Waals surface area contributed by atoms with Crippen LogP contribution in [0.25, 0.3) is 0 Å². The van der Waals surface area contributed by atoms with Gasteiger partial charge in [-0.15, -0.1) is 11.3 Å². The summed E-state index contributed by atoms with van der Waals surface area (Å²) in [5.74, 6) is 0.385. The normalized spacial score (nSPS) is 29.4. The molecule has 0 aromatic carbocycles. The maximum atomic E-state index is 13.0. The highest BCUT2D eigenvalue weighted by Crippen LogP contribution is 2.45. The molecule has 4 heteroatoms. The number of rotatable bonds is 2. The molecule has 2 aliphatic carbocycles. The highest BCUT2D eigenvalue weighted by molar-refractivity contribution is 7.12. The summed E-state index contributed by atoms with van der Waals surface area (Å²) < 4.78 is 0. The molecule has 1 amide bonds. The van der Waals surface area contributed by atoms with Crippen molar-refractivity contribution in [3.8, 4) is 0 Å². The molecule has 3 fully saturated rings. The van der Waals surface area contributed by atoms with Gasteiger partial charge in [-0.25, -0.2) is 0 Å². The molecule has 20 heavy (non-hydrogen) atoms. The van der Waals surface area contributed by atoms with E-state index in [1.54, 1.807) is 0 Å². The lowest BCUT2D eigenvalue weighted by atomic mass is 9.90. The van der Waals surface area contributed by atoms with Crippen LogP contribution < -0.4 is 5.32 Å². The van der Waals surface area contributed by atoms with Crippen molar-refractivity contribution >= 4 is 17.2 Å². The van der Waals surface area contributed by atoms with Gasteiger partial charge in [0.05, 0.1) is 5.54 Å². The van der Waals surface area contributed by atoms with Gasteiger partial charge in [-0.05, 0) is 51.2 Å². The number of carbonyl (C=O) groups excluding carboxylic acids is 1. The molecular formula is C16H22N2OS. The van der Waals surface area contributed by atoms with E-state index < -0.39 is 0 Å². The maximum absolute atomic E-state index is 13.0. The van der Waals surface area contributed by atoms with Crippen molar-refractivity contribution in [2.45, 2.75) is 69.6 Å². The van der Waals surface area contributed by atoms with Crippen LogP contribution in [0.1, 0.15) is 60.9 Å². The van der Waals surface area contributed by atoms with E-state index >= 15 is 0 Å². The molecule has 1 atom stereocenters. The fourth-order valence-corrected chi connectivity index (χ4v) is 4.87. The summed E-state index contributed by atoms with van der Waals surface area (Å²) in [5.41, 5.74) is -0.238. The van der Waals surface area contributed by atoms with Crippen molar-refractivity contribution in [2.75, 3.05) is 0 Å². The Kier molecular flexibility index (Phi) is 2.93. The van der Waals surface area contributed by atoms with Crippen molar-refractivity contribution < 1.29 is 4.79 Å². The van der Waals surface area contributed by atoms with Crippen LogP contribution in [0, 0.1) is 6.92 Å².